The number of aromatic nitrogens is 2. The van der Waals surface area contributed by atoms with Crippen molar-refractivity contribution in [3.05, 3.63) is 11.5 Å². The number of hydrogen-bond acceptors (Lipinski definition) is 6. The summed E-state index contributed by atoms with van der Waals surface area (Å²) in [6, 6.07) is 0. The largest absolute Gasteiger partial charge is 0.469 e. The summed E-state index contributed by atoms with van der Waals surface area (Å²) in [6.07, 6.45) is 0.167. The normalized spacial score (nSPS) is 10.2. The van der Waals surface area contributed by atoms with Crippen molar-refractivity contribution in [2.24, 2.45) is 0 Å². The Hall–Kier alpha value is -2.05. The van der Waals surface area contributed by atoms with E-state index >= 15 is 0 Å². The van der Waals surface area contributed by atoms with Crippen LogP contribution in [0.15, 0.2) is 0 Å². The minimum absolute atomic E-state index is 0.0826. The molecule has 0 aromatic carbocycles. The Morgan fingerprint density at radius 2 is 2.11 bits per heavy atom. The second-order valence-corrected chi connectivity index (χ2v) is 3.59. The molecular weight excluding hydrogens is 238 g/mol. The molecule has 1 aromatic heterocycles. The number of rotatable bonds is 5. The zero-order valence-electron chi connectivity index (χ0n) is 10.7. The molecule has 0 saturated heterocycles. The van der Waals surface area contributed by atoms with Gasteiger partial charge in [0.1, 0.15) is 11.6 Å². The van der Waals surface area contributed by atoms with Crippen LogP contribution in [0.2, 0.25) is 0 Å². The van der Waals surface area contributed by atoms with Crippen LogP contribution in [0.4, 0.5) is 5.82 Å². The number of methoxy groups -OCH3 is 1. The maximum Gasteiger partial charge on any atom is 0.360 e. The van der Waals surface area contributed by atoms with Crippen LogP contribution in [-0.2, 0) is 20.8 Å². The maximum atomic E-state index is 11.6. The molecule has 0 aliphatic rings. The van der Waals surface area contributed by atoms with Gasteiger partial charge in [-0.15, -0.1) is 0 Å². The van der Waals surface area contributed by atoms with Crippen LogP contribution in [0.25, 0.3) is 0 Å². The highest BCUT2D eigenvalue weighted by Gasteiger charge is 2.19. The summed E-state index contributed by atoms with van der Waals surface area (Å²) >= 11 is 0. The van der Waals surface area contributed by atoms with Crippen molar-refractivity contribution in [2.75, 3.05) is 19.5 Å². The lowest BCUT2D eigenvalue weighted by molar-refractivity contribution is -0.140. The molecular formula is C11H17N3O4. The van der Waals surface area contributed by atoms with Crippen molar-refractivity contribution < 1.29 is 19.1 Å². The molecule has 0 aliphatic heterocycles. The van der Waals surface area contributed by atoms with Crippen LogP contribution in [0, 0.1) is 6.92 Å². The molecule has 0 unspecified atom stereocenters. The van der Waals surface area contributed by atoms with Crippen molar-refractivity contribution in [3.63, 3.8) is 0 Å². The first-order chi connectivity index (χ1) is 8.51. The van der Waals surface area contributed by atoms with Gasteiger partial charge < -0.3 is 19.8 Å². The highest BCUT2D eigenvalue weighted by Crippen LogP contribution is 2.16. The van der Waals surface area contributed by atoms with Crippen molar-refractivity contribution >= 4 is 17.8 Å². The lowest BCUT2D eigenvalue weighted by Gasteiger charge is -2.06. The van der Waals surface area contributed by atoms with Crippen LogP contribution in [0.3, 0.4) is 0 Å². The quantitative estimate of drug-likeness (QED) is 0.770. The second-order valence-electron chi connectivity index (χ2n) is 3.59. The number of imidazole rings is 1. The predicted molar refractivity (Wildman–Crippen MR) is 64.0 cm³/mol. The molecule has 1 heterocycles. The molecule has 0 aliphatic carbocycles. The first-order valence-corrected chi connectivity index (χ1v) is 5.57. The van der Waals surface area contributed by atoms with E-state index in [1.807, 2.05) is 0 Å². The average Bonchev–Trinajstić information content (AvgIpc) is 2.62. The summed E-state index contributed by atoms with van der Waals surface area (Å²) in [5, 5.41) is 0. The van der Waals surface area contributed by atoms with Crippen molar-refractivity contribution in [1.29, 1.82) is 0 Å². The molecule has 0 spiro atoms. The Balaban J connectivity index is 2.87. The minimum atomic E-state index is -0.560. The first kappa shape index (κ1) is 14.0. The zero-order valence-corrected chi connectivity index (χ0v) is 10.7. The number of carbonyl (C=O) groups is 2. The number of carbonyl (C=O) groups excluding carboxylic acids is 2. The molecule has 7 heteroatoms. The monoisotopic (exact) mass is 255 g/mol. The van der Waals surface area contributed by atoms with Crippen LogP contribution in [0.1, 0.15) is 29.7 Å². The summed E-state index contributed by atoms with van der Waals surface area (Å²) in [7, 11) is 1.32. The molecule has 100 valence electrons. The fourth-order valence-corrected chi connectivity index (χ4v) is 1.52. The van der Waals surface area contributed by atoms with E-state index in [1.165, 1.54) is 7.11 Å². The molecule has 2 N–H and O–H groups in total. The smallest absolute Gasteiger partial charge is 0.360 e. The summed E-state index contributed by atoms with van der Waals surface area (Å²) < 4.78 is 11.0. The average molecular weight is 255 g/mol. The number of hydrogen-bond donors (Lipinski definition) is 1. The van der Waals surface area contributed by atoms with Gasteiger partial charge in [0.25, 0.3) is 0 Å². The van der Waals surface area contributed by atoms with Gasteiger partial charge in [-0.25, -0.2) is 9.78 Å². The number of anilines is 1. The Kier molecular flexibility index (Phi) is 4.70. The maximum absolute atomic E-state index is 11.6. The van der Waals surface area contributed by atoms with E-state index in [9.17, 15) is 9.59 Å². The Morgan fingerprint density at radius 3 is 2.67 bits per heavy atom. The third-order valence-corrected chi connectivity index (χ3v) is 2.43. The first-order valence-electron chi connectivity index (χ1n) is 5.57. The van der Waals surface area contributed by atoms with E-state index < -0.39 is 5.97 Å². The number of aryl methyl sites for hydroxylation is 1. The SMILES string of the molecule is CCOC(=O)c1nc(C)n(CCC(=O)OC)c1N. The van der Waals surface area contributed by atoms with Gasteiger partial charge in [0.15, 0.2) is 5.69 Å². The van der Waals surface area contributed by atoms with E-state index in [-0.39, 0.29) is 30.5 Å². The lowest BCUT2D eigenvalue weighted by Crippen LogP contribution is -2.12. The van der Waals surface area contributed by atoms with E-state index in [2.05, 4.69) is 9.72 Å². The van der Waals surface area contributed by atoms with Gasteiger partial charge in [-0.3, -0.25) is 4.79 Å². The fraction of sp³-hybridized carbons (Fsp3) is 0.545. The Bertz CT molecular complexity index is 453. The van der Waals surface area contributed by atoms with Gasteiger partial charge in [-0.1, -0.05) is 0 Å². The van der Waals surface area contributed by atoms with E-state index in [4.69, 9.17) is 10.5 Å². The van der Waals surface area contributed by atoms with E-state index in [1.54, 1.807) is 18.4 Å². The highest BCUT2D eigenvalue weighted by molar-refractivity contribution is 5.92. The van der Waals surface area contributed by atoms with Gasteiger partial charge >= 0.3 is 11.9 Å². The lowest BCUT2D eigenvalue weighted by atomic mass is 10.4. The van der Waals surface area contributed by atoms with Gasteiger partial charge in [-0.2, -0.15) is 0 Å². The molecule has 0 bridgehead atoms. The van der Waals surface area contributed by atoms with Gasteiger partial charge in [-0.05, 0) is 13.8 Å². The second kappa shape index (κ2) is 6.04. The van der Waals surface area contributed by atoms with Crippen LogP contribution >= 0.6 is 0 Å². The van der Waals surface area contributed by atoms with Crippen LogP contribution in [0.5, 0.6) is 0 Å². The summed E-state index contributed by atoms with van der Waals surface area (Å²) in [5.41, 5.74) is 5.89. The predicted octanol–water partition coefficient (Wildman–Crippen LogP) is 0.514. The molecule has 18 heavy (non-hydrogen) atoms. The highest BCUT2D eigenvalue weighted by atomic mass is 16.5. The van der Waals surface area contributed by atoms with Crippen molar-refractivity contribution in [2.45, 2.75) is 26.8 Å². The molecule has 0 atom stereocenters. The molecule has 0 radical (unpaired) electrons. The summed E-state index contributed by atoms with van der Waals surface area (Å²) in [4.78, 5) is 26.7. The molecule has 0 amide bonds. The third kappa shape index (κ3) is 2.99. The van der Waals surface area contributed by atoms with Crippen molar-refractivity contribution in [3.8, 4) is 0 Å². The Morgan fingerprint density at radius 1 is 1.44 bits per heavy atom. The minimum Gasteiger partial charge on any atom is -0.469 e. The number of nitrogen functional groups attached to an aromatic ring is 1. The Labute approximate surface area is 105 Å². The van der Waals surface area contributed by atoms with Crippen LogP contribution in [-0.4, -0.2) is 35.2 Å². The molecule has 0 saturated carbocycles. The van der Waals surface area contributed by atoms with Gasteiger partial charge in [0, 0.05) is 6.54 Å². The number of ether oxygens (including phenoxy) is 2. The summed E-state index contributed by atoms with van der Waals surface area (Å²) in [6.45, 7) is 3.98. The number of esters is 2. The van der Waals surface area contributed by atoms with Crippen molar-refractivity contribution in [1.82, 2.24) is 9.55 Å². The summed E-state index contributed by atoms with van der Waals surface area (Å²) in [5.74, 6) is -0.149. The number of nitrogens with zero attached hydrogens (tertiary/aromatic N) is 2. The van der Waals surface area contributed by atoms with Gasteiger partial charge in [0.05, 0.1) is 20.1 Å². The molecule has 1 rings (SSSR count). The number of nitrogens with two attached hydrogens (primary N) is 1. The van der Waals surface area contributed by atoms with Gasteiger partial charge in [0.2, 0.25) is 0 Å². The van der Waals surface area contributed by atoms with E-state index in [0.717, 1.165) is 0 Å². The topological polar surface area (TPSA) is 96.4 Å². The third-order valence-electron chi connectivity index (χ3n) is 2.43. The van der Waals surface area contributed by atoms with Crippen LogP contribution < -0.4 is 5.73 Å². The molecule has 7 nitrogen and oxygen atoms in total. The zero-order chi connectivity index (χ0) is 13.7. The molecule has 0 fully saturated rings. The standard InChI is InChI=1S/C11H17N3O4/c1-4-18-11(16)9-10(12)14(7(2)13-9)6-5-8(15)17-3/h4-6,12H2,1-3H3. The fourth-order valence-electron chi connectivity index (χ4n) is 1.52. The molecule has 1 aromatic rings. The van der Waals surface area contributed by atoms with E-state index in [0.29, 0.717) is 12.4 Å².